The molecule has 0 saturated carbocycles. The van der Waals surface area contributed by atoms with Crippen LogP contribution in [-0.4, -0.2) is 33.1 Å². The standard InChI is InChI=1S/C27H20ClN3O5S/c28-17-8-11-22-19(12-17)21-13-20(15-4-2-1-3-5-15)30-31(21)26(36-22)16-6-9-18(10-7-16)35-24(32)14-23-25(33)29-27(34)37-23/h1-12,21,23,26H,13-14H2,(H,29,33,34). The van der Waals surface area contributed by atoms with E-state index in [1.54, 1.807) is 18.2 Å². The van der Waals surface area contributed by atoms with Crippen molar-refractivity contribution in [3.63, 3.8) is 0 Å². The Kier molecular flexibility index (Phi) is 6.10. The van der Waals surface area contributed by atoms with Crippen molar-refractivity contribution in [3.05, 3.63) is 94.5 Å². The summed E-state index contributed by atoms with van der Waals surface area (Å²) in [5.41, 5.74) is 3.83. The molecule has 3 aliphatic heterocycles. The normalized spacial score (nSPS) is 22.0. The quantitative estimate of drug-likeness (QED) is 0.354. The number of hydrogen-bond donors (Lipinski definition) is 1. The van der Waals surface area contributed by atoms with E-state index in [1.807, 2.05) is 59.6 Å². The van der Waals surface area contributed by atoms with Crippen molar-refractivity contribution in [1.82, 2.24) is 10.3 Å². The lowest BCUT2D eigenvalue weighted by molar-refractivity contribution is -0.135. The molecule has 8 nitrogen and oxygen atoms in total. The van der Waals surface area contributed by atoms with Gasteiger partial charge in [0.05, 0.1) is 18.2 Å². The average Bonchev–Trinajstić information content (AvgIpc) is 3.48. The van der Waals surface area contributed by atoms with Gasteiger partial charge in [0.15, 0.2) is 0 Å². The largest absolute Gasteiger partial charge is 0.464 e. The molecule has 1 fully saturated rings. The van der Waals surface area contributed by atoms with Gasteiger partial charge in [-0.25, -0.2) is 5.01 Å². The second kappa shape index (κ2) is 9.57. The monoisotopic (exact) mass is 533 g/mol. The number of benzene rings is 3. The van der Waals surface area contributed by atoms with E-state index in [2.05, 4.69) is 5.32 Å². The third-order valence-electron chi connectivity index (χ3n) is 6.37. The van der Waals surface area contributed by atoms with Crippen LogP contribution in [0.2, 0.25) is 5.02 Å². The maximum Gasteiger partial charge on any atom is 0.312 e. The maximum absolute atomic E-state index is 12.3. The summed E-state index contributed by atoms with van der Waals surface area (Å²) in [6.45, 7) is 0. The van der Waals surface area contributed by atoms with Crippen LogP contribution in [0.4, 0.5) is 4.79 Å². The third-order valence-corrected chi connectivity index (χ3v) is 7.59. The molecule has 3 aromatic carbocycles. The van der Waals surface area contributed by atoms with Gasteiger partial charge in [0.25, 0.3) is 5.24 Å². The number of nitrogens with one attached hydrogen (secondary N) is 1. The molecule has 3 aromatic rings. The second-order valence-electron chi connectivity index (χ2n) is 8.80. The van der Waals surface area contributed by atoms with E-state index < -0.39 is 28.6 Å². The number of amides is 2. The van der Waals surface area contributed by atoms with Gasteiger partial charge in [0.2, 0.25) is 12.1 Å². The molecule has 1 saturated heterocycles. The zero-order valence-electron chi connectivity index (χ0n) is 19.3. The molecule has 2 amide bonds. The van der Waals surface area contributed by atoms with E-state index in [4.69, 9.17) is 26.2 Å². The minimum absolute atomic E-state index is 0.0436. The summed E-state index contributed by atoms with van der Waals surface area (Å²) in [4.78, 5) is 35.3. The molecule has 3 heterocycles. The van der Waals surface area contributed by atoms with Crippen LogP contribution in [0.3, 0.4) is 0 Å². The lowest BCUT2D eigenvalue weighted by atomic mass is 9.96. The van der Waals surface area contributed by atoms with Gasteiger partial charge < -0.3 is 9.47 Å². The SMILES string of the molecule is O=C(CC1SC(=O)NC1=O)Oc1ccc(C2Oc3ccc(Cl)cc3C3CC(c4ccccc4)=NN32)cc1. The number of imide groups is 1. The third kappa shape index (κ3) is 4.68. The number of rotatable bonds is 5. The molecular formula is C27H20ClN3O5S. The smallest absolute Gasteiger partial charge is 0.312 e. The fourth-order valence-electron chi connectivity index (χ4n) is 4.64. The highest BCUT2D eigenvalue weighted by Crippen LogP contribution is 2.48. The second-order valence-corrected chi connectivity index (χ2v) is 10.4. The summed E-state index contributed by atoms with van der Waals surface area (Å²) in [7, 11) is 0. The maximum atomic E-state index is 12.3. The number of carbonyl (C=O) groups excluding carboxylic acids is 3. The highest BCUT2D eigenvalue weighted by atomic mass is 35.5. The summed E-state index contributed by atoms with van der Waals surface area (Å²) >= 11 is 7.10. The van der Waals surface area contributed by atoms with Crippen LogP contribution in [0.1, 0.15) is 41.8 Å². The highest BCUT2D eigenvalue weighted by Gasteiger charge is 2.41. The van der Waals surface area contributed by atoms with Crippen LogP contribution in [0.25, 0.3) is 0 Å². The van der Waals surface area contributed by atoms with E-state index in [1.165, 1.54) is 0 Å². The Morgan fingerprint density at radius 1 is 1.11 bits per heavy atom. The fourth-order valence-corrected chi connectivity index (χ4v) is 5.62. The van der Waals surface area contributed by atoms with Crippen LogP contribution < -0.4 is 14.8 Å². The Labute approximate surface area is 221 Å². The number of esters is 1. The van der Waals surface area contributed by atoms with Gasteiger partial charge in [-0.05, 0) is 48.0 Å². The van der Waals surface area contributed by atoms with Crippen molar-refractivity contribution in [2.75, 3.05) is 0 Å². The number of hydrogen-bond acceptors (Lipinski definition) is 8. The summed E-state index contributed by atoms with van der Waals surface area (Å²) < 4.78 is 11.8. The number of ether oxygens (including phenoxy) is 2. The minimum Gasteiger partial charge on any atom is -0.464 e. The van der Waals surface area contributed by atoms with Gasteiger partial charge in [-0.1, -0.05) is 53.7 Å². The Balaban J connectivity index is 1.23. The predicted molar refractivity (Wildman–Crippen MR) is 139 cm³/mol. The summed E-state index contributed by atoms with van der Waals surface area (Å²) in [6, 6.07) is 22.6. The molecule has 0 radical (unpaired) electrons. The van der Waals surface area contributed by atoms with Crippen molar-refractivity contribution in [1.29, 1.82) is 0 Å². The first-order chi connectivity index (χ1) is 17.9. The molecule has 186 valence electrons. The van der Waals surface area contributed by atoms with E-state index in [9.17, 15) is 14.4 Å². The molecule has 0 aliphatic carbocycles. The zero-order chi connectivity index (χ0) is 25.5. The molecule has 3 aliphatic rings. The number of halogens is 1. The zero-order valence-corrected chi connectivity index (χ0v) is 20.9. The van der Waals surface area contributed by atoms with Gasteiger partial charge in [0.1, 0.15) is 16.7 Å². The summed E-state index contributed by atoms with van der Waals surface area (Å²) in [5, 5.41) is 8.46. The van der Waals surface area contributed by atoms with Crippen molar-refractivity contribution >= 4 is 46.2 Å². The molecular weight excluding hydrogens is 514 g/mol. The number of nitrogens with zero attached hydrogens (tertiary/aromatic N) is 2. The number of hydrazone groups is 1. The van der Waals surface area contributed by atoms with E-state index in [0.717, 1.165) is 39.9 Å². The highest BCUT2D eigenvalue weighted by molar-refractivity contribution is 8.15. The average molecular weight is 534 g/mol. The Bertz CT molecular complexity index is 1430. The van der Waals surface area contributed by atoms with Crippen LogP contribution in [0, 0.1) is 0 Å². The Morgan fingerprint density at radius 3 is 2.62 bits per heavy atom. The van der Waals surface area contributed by atoms with Crippen LogP contribution in [0.5, 0.6) is 11.5 Å². The van der Waals surface area contributed by atoms with Gasteiger partial charge in [-0.2, -0.15) is 5.10 Å². The van der Waals surface area contributed by atoms with E-state index in [-0.39, 0.29) is 12.5 Å². The van der Waals surface area contributed by atoms with Crippen molar-refractivity contribution in [2.45, 2.75) is 30.4 Å². The number of thioether (sulfide) groups is 1. The van der Waals surface area contributed by atoms with Gasteiger partial charge >= 0.3 is 5.97 Å². The molecule has 3 atom stereocenters. The Hall–Kier alpha value is -3.82. The molecule has 0 spiro atoms. The summed E-state index contributed by atoms with van der Waals surface area (Å²) in [5.74, 6) is 0.0101. The van der Waals surface area contributed by atoms with E-state index in [0.29, 0.717) is 17.2 Å². The lowest BCUT2D eigenvalue weighted by Crippen LogP contribution is -2.33. The van der Waals surface area contributed by atoms with Crippen molar-refractivity contribution in [2.24, 2.45) is 5.10 Å². The van der Waals surface area contributed by atoms with Crippen LogP contribution in [-0.2, 0) is 9.59 Å². The van der Waals surface area contributed by atoms with Gasteiger partial charge in [-0.3, -0.25) is 19.7 Å². The lowest BCUT2D eigenvalue weighted by Gasteiger charge is -2.38. The first-order valence-corrected chi connectivity index (χ1v) is 12.9. The van der Waals surface area contributed by atoms with E-state index >= 15 is 0 Å². The Morgan fingerprint density at radius 2 is 1.89 bits per heavy atom. The molecule has 6 rings (SSSR count). The molecule has 37 heavy (non-hydrogen) atoms. The topological polar surface area (TPSA) is 97.3 Å². The minimum atomic E-state index is -0.771. The van der Waals surface area contributed by atoms with Crippen LogP contribution >= 0.6 is 23.4 Å². The van der Waals surface area contributed by atoms with Crippen LogP contribution in [0.15, 0.2) is 77.9 Å². The predicted octanol–water partition coefficient (Wildman–Crippen LogP) is 5.23. The number of carbonyl (C=O) groups is 3. The molecule has 3 unspecified atom stereocenters. The van der Waals surface area contributed by atoms with Crippen molar-refractivity contribution in [3.8, 4) is 11.5 Å². The van der Waals surface area contributed by atoms with Crippen molar-refractivity contribution < 1.29 is 23.9 Å². The molecule has 10 heteroatoms. The molecule has 1 N–H and O–H groups in total. The van der Waals surface area contributed by atoms with Gasteiger partial charge in [-0.15, -0.1) is 0 Å². The fraction of sp³-hybridized carbons (Fsp3) is 0.185. The molecule has 0 aromatic heterocycles. The molecule has 0 bridgehead atoms. The number of fused-ring (bicyclic) bond motifs is 3. The summed E-state index contributed by atoms with van der Waals surface area (Å²) in [6.07, 6.45) is 0.0261. The first kappa shape index (κ1) is 23.6. The van der Waals surface area contributed by atoms with Gasteiger partial charge in [0, 0.05) is 22.6 Å². The first-order valence-electron chi connectivity index (χ1n) is 11.6.